The van der Waals surface area contributed by atoms with E-state index in [2.05, 4.69) is 10.3 Å². The molecule has 0 saturated carbocycles. The fraction of sp³-hybridized carbons (Fsp3) is 0.0714. The maximum atomic E-state index is 10.7. The number of nitro benzene ring substituents is 1. The fourth-order valence-corrected chi connectivity index (χ4v) is 2.82. The van der Waals surface area contributed by atoms with Gasteiger partial charge in [-0.15, -0.1) is 11.3 Å². The normalized spacial score (nSPS) is 10.6. The summed E-state index contributed by atoms with van der Waals surface area (Å²) in [5.41, 5.74) is 1.92. The smallest absolute Gasteiger partial charge is 0.270 e. The van der Waals surface area contributed by atoms with Crippen molar-refractivity contribution in [2.24, 2.45) is 0 Å². The molecule has 2 aromatic carbocycles. The maximum absolute atomic E-state index is 10.7. The Morgan fingerprint density at radius 3 is 2.75 bits per heavy atom. The molecule has 0 unspecified atom stereocenters. The molecule has 6 heteroatoms. The zero-order chi connectivity index (χ0) is 13.9. The topological polar surface area (TPSA) is 68.1 Å². The number of nitrogens with zero attached hydrogens (tertiary/aromatic N) is 2. The molecule has 0 radical (unpaired) electrons. The quantitative estimate of drug-likeness (QED) is 0.584. The molecule has 0 saturated heterocycles. The summed E-state index contributed by atoms with van der Waals surface area (Å²) >= 11 is 1.47. The van der Waals surface area contributed by atoms with E-state index in [9.17, 15) is 10.1 Å². The van der Waals surface area contributed by atoms with Crippen molar-refractivity contribution < 1.29 is 4.92 Å². The second kappa shape index (κ2) is 5.26. The Labute approximate surface area is 119 Å². The van der Waals surface area contributed by atoms with Gasteiger partial charge in [-0.05, 0) is 18.2 Å². The lowest BCUT2D eigenvalue weighted by Crippen LogP contribution is -1.97. The molecule has 3 rings (SSSR count). The molecular formula is C14H11N3O2S. The molecule has 0 amide bonds. The van der Waals surface area contributed by atoms with Crippen molar-refractivity contribution in [2.45, 2.75) is 6.54 Å². The Hall–Kier alpha value is -2.47. The number of nitro groups is 1. The predicted octanol–water partition coefficient (Wildman–Crippen LogP) is 3.82. The van der Waals surface area contributed by atoms with Crippen molar-refractivity contribution in [3.05, 3.63) is 63.7 Å². The Balaban J connectivity index is 1.80. The van der Waals surface area contributed by atoms with Crippen LogP contribution in [-0.4, -0.2) is 9.91 Å². The highest BCUT2D eigenvalue weighted by Crippen LogP contribution is 2.26. The summed E-state index contributed by atoms with van der Waals surface area (Å²) in [6, 6.07) is 14.6. The van der Waals surface area contributed by atoms with E-state index in [4.69, 9.17) is 0 Å². The maximum Gasteiger partial charge on any atom is 0.270 e. The predicted molar refractivity (Wildman–Crippen MR) is 80.0 cm³/mol. The summed E-state index contributed by atoms with van der Waals surface area (Å²) in [5, 5.41) is 14.9. The van der Waals surface area contributed by atoms with E-state index < -0.39 is 0 Å². The van der Waals surface area contributed by atoms with Gasteiger partial charge in [-0.2, -0.15) is 0 Å². The first kappa shape index (κ1) is 12.6. The van der Waals surface area contributed by atoms with Gasteiger partial charge in [-0.3, -0.25) is 10.1 Å². The SMILES string of the molecule is O=[N+]([O-])c1ccc2nc(CNc3ccccc3)sc2c1. The molecule has 0 spiro atoms. The third kappa shape index (κ3) is 2.60. The zero-order valence-electron chi connectivity index (χ0n) is 10.4. The van der Waals surface area contributed by atoms with Crippen molar-refractivity contribution in [3.8, 4) is 0 Å². The average Bonchev–Trinajstić information content (AvgIpc) is 2.88. The highest BCUT2D eigenvalue weighted by Gasteiger charge is 2.10. The van der Waals surface area contributed by atoms with Crippen molar-refractivity contribution in [1.29, 1.82) is 0 Å². The van der Waals surface area contributed by atoms with Gasteiger partial charge in [-0.25, -0.2) is 4.98 Å². The minimum absolute atomic E-state index is 0.101. The first-order valence-corrected chi connectivity index (χ1v) is 6.87. The Morgan fingerprint density at radius 1 is 1.20 bits per heavy atom. The van der Waals surface area contributed by atoms with Gasteiger partial charge in [0.25, 0.3) is 5.69 Å². The number of nitrogens with one attached hydrogen (secondary N) is 1. The Morgan fingerprint density at radius 2 is 2.00 bits per heavy atom. The van der Waals surface area contributed by atoms with Gasteiger partial charge in [-0.1, -0.05) is 18.2 Å². The third-order valence-corrected chi connectivity index (χ3v) is 3.86. The minimum atomic E-state index is -0.388. The first-order valence-electron chi connectivity index (χ1n) is 6.05. The fourth-order valence-electron chi connectivity index (χ4n) is 1.88. The number of para-hydroxylation sites is 1. The van der Waals surface area contributed by atoms with E-state index in [0.717, 1.165) is 20.9 Å². The van der Waals surface area contributed by atoms with Gasteiger partial charge < -0.3 is 5.32 Å². The number of benzene rings is 2. The lowest BCUT2D eigenvalue weighted by Gasteiger charge is -2.02. The number of hydrogen-bond donors (Lipinski definition) is 1. The number of thiazole rings is 1. The van der Waals surface area contributed by atoms with Gasteiger partial charge in [0.1, 0.15) is 5.01 Å². The summed E-state index contributed by atoms with van der Waals surface area (Å²) in [5.74, 6) is 0. The largest absolute Gasteiger partial charge is 0.379 e. The standard InChI is InChI=1S/C14H11N3O2S/c18-17(19)11-6-7-12-13(8-11)20-14(16-12)9-15-10-4-2-1-3-5-10/h1-8,15H,9H2. The van der Waals surface area contributed by atoms with Crippen LogP contribution >= 0.6 is 11.3 Å². The third-order valence-electron chi connectivity index (χ3n) is 2.84. The van der Waals surface area contributed by atoms with Crippen LogP contribution in [0.25, 0.3) is 10.2 Å². The van der Waals surface area contributed by atoms with E-state index in [-0.39, 0.29) is 10.6 Å². The van der Waals surface area contributed by atoms with Crippen LogP contribution in [0.15, 0.2) is 48.5 Å². The molecule has 0 bridgehead atoms. The van der Waals surface area contributed by atoms with E-state index in [0.29, 0.717) is 6.54 Å². The van der Waals surface area contributed by atoms with Crippen molar-refractivity contribution in [3.63, 3.8) is 0 Å². The number of aromatic nitrogens is 1. The lowest BCUT2D eigenvalue weighted by atomic mass is 10.3. The van der Waals surface area contributed by atoms with Gasteiger partial charge in [0.15, 0.2) is 0 Å². The van der Waals surface area contributed by atoms with Crippen LogP contribution in [0.1, 0.15) is 5.01 Å². The summed E-state index contributed by atoms with van der Waals surface area (Å²) < 4.78 is 0.837. The Bertz CT molecular complexity index is 755. The van der Waals surface area contributed by atoms with Crippen LogP contribution in [0.5, 0.6) is 0 Å². The molecule has 0 aliphatic heterocycles. The minimum Gasteiger partial charge on any atom is -0.379 e. The van der Waals surface area contributed by atoms with Crippen LogP contribution in [0.4, 0.5) is 11.4 Å². The lowest BCUT2D eigenvalue weighted by molar-refractivity contribution is -0.384. The van der Waals surface area contributed by atoms with E-state index in [1.165, 1.54) is 17.4 Å². The highest BCUT2D eigenvalue weighted by atomic mass is 32.1. The zero-order valence-corrected chi connectivity index (χ0v) is 11.3. The molecule has 3 aromatic rings. The number of hydrogen-bond acceptors (Lipinski definition) is 5. The molecule has 0 atom stereocenters. The number of non-ortho nitro benzene ring substituents is 1. The van der Waals surface area contributed by atoms with Crippen molar-refractivity contribution in [2.75, 3.05) is 5.32 Å². The summed E-state index contributed by atoms with van der Waals surface area (Å²) in [4.78, 5) is 14.8. The molecule has 0 aliphatic rings. The van der Waals surface area contributed by atoms with Crippen LogP contribution in [-0.2, 0) is 6.54 Å². The van der Waals surface area contributed by atoms with Crippen LogP contribution in [0, 0.1) is 10.1 Å². The number of rotatable bonds is 4. The number of fused-ring (bicyclic) bond motifs is 1. The molecular weight excluding hydrogens is 274 g/mol. The average molecular weight is 285 g/mol. The van der Waals surface area contributed by atoms with E-state index in [1.807, 2.05) is 30.3 Å². The van der Waals surface area contributed by atoms with Gasteiger partial charge >= 0.3 is 0 Å². The summed E-state index contributed by atoms with van der Waals surface area (Å²) in [7, 11) is 0. The molecule has 1 N–H and O–H groups in total. The molecule has 0 aliphatic carbocycles. The molecule has 0 fully saturated rings. The highest BCUT2D eigenvalue weighted by molar-refractivity contribution is 7.18. The molecule has 100 valence electrons. The van der Waals surface area contributed by atoms with Crippen LogP contribution < -0.4 is 5.32 Å². The van der Waals surface area contributed by atoms with Crippen LogP contribution in [0.2, 0.25) is 0 Å². The van der Waals surface area contributed by atoms with Crippen LogP contribution in [0.3, 0.4) is 0 Å². The summed E-state index contributed by atoms with van der Waals surface area (Å²) in [6.45, 7) is 0.608. The Kier molecular flexibility index (Phi) is 3.30. The molecule has 1 aromatic heterocycles. The second-order valence-electron chi connectivity index (χ2n) is 4.24. The monoisotopic (exact) mass is 285 g/mol. The number of anilines is 1. The van der Waals surface area contributed by atoms with Crippen molar-refractivity contribution >= 4 is 32.9 Å². The van der Waals surface area contributed by atoms with E-state index >= 15 is 0 Å². The molecule has 20 heavy (non-hydrogen) atoms. The van der Waals surface area contributed by atoms with Gasteiger partial charge in [0.2, 0.25) is 0 Å². The molecule has 5 nitrogen and oxygen atoms in total. The van der Waals surface area contributed by atoms with Gasteiger partial charge in [0, 0.05) is 17.8 Å². The first-order chi connectivity index (χ1) is 9.72. The second-order valence-corrected chi connectivity index (χ2v) is 5.35. The van der Waals surface area contributed by atoms with E-state index in [1.54, 1.807) is 12.1 Å². The van der Waals surface area contributed by atoms with Crippen molar-refractivity contribution in [1.82, 2.24) is 4.98 Å². The summed E-state index contributed by atoms with van der Waals surface area (Å²) in [6.07, 6.45) is 0. The molecule has 1 heterocycles. The van der Waals surface area contributed by atoms with Gasteiger partial charge in [0.05, 0.1) is 21.7 Å².